The summed E-state index contributed by atoms with van der Waals surface area (Å²) in [4.78, 5) is 11.1. The van der Waals surface area contributed by atoms with E-state index in [0.29, 0.717) is 5.69 Å². The van der Waals surface area contributed by atoms with Crippen LogP contribution in [-0.2, 0) is 0 Å². The number of hydrogen-bond acceptors (Lipinski definition) is 2. The average molecular weight is 367 g/mol. The van der Waals surface area contributed by atoms with E-state index in [0.717, 1.165) is 26.3 Å². The fraction of sp³-hybridized carbons (Fsp3) is 0. The number of nitro benzene ring substituents is 1. The maximum Gasteiger partial charge on any atom is 0.293 e. The van der Waals surface area contributed by atoms with Gasteiger partial charge in [0.05, 0.1) is 16.0 Å². The molecule has 4 nitrogen and oxygen atoms in total. The number of aromatic nitrogens is 1. The van der Waals surface area contributed by atoms with Crippen LogP contribution >= 0.6 is 15.9 Å². The molecule has 0 N–H and O–H groups in total. The van der Waals surface area contributed by atoms with Crippen LogP contribution in [0.3, 0.4) is 0 Å². The number of para-hydroxylation sites is 4. The number of halogens is 1. The number of nitrogens with zero attached hydrogens (tertiary/aromatic N) is 2. The van der Waals surface area contributed by atoms with Crippen molar-refractivity contribution in [3.8, 4) is 5.69 Å². The minimum atomic E-state index is -0.340. The van der Waals surface area contributed by atoms with E-state index in [4.69, 9.17) is 0 Å². The van der Waals surface area contributed by atoms with Crippen LogP contribution in [0.4, 0.5) is 5.69 Å². The Hall–Kier alpha value is -2.66. The van der Waals surface area contributed by atoms with Gasteiger partial charge < -0.3 is 4.57 Å². The van der Waals surface area contributed by atoms with E-state index in [2.05, 4.69) is 15.9 Å². The van der Waals surface area contributed by atoms with E-state index in [9.17, 15) is 10.1 Å². The van der Waals surface area contributed by atoms with Gasteiger partial charge in [-0.3, -0.25) is 10.1 Å². The summed E-state index contributed by atoms with van der Waals surface area (Å²) < 4.78 is 2.86. The van der Waals surface area contributed by atoms with Crippen molar-refractivity contribution in [1.82, 2.24) is 4.57 Å². The molecule has 0 amide bonds. The molecule has 23 heavy (non-hydrogen) atoms. The Kier molecular flexibility index (Phi) is 3.16. The van der Waals surface area contributed by atoms with E-state index in [1.807, 2.05) is 53.1 Å². The summed E-state index contributed by atoms with van der Waals surface area (Å²) in [6, 6.07) is 20.7. The van der Waals surface area contributed by atoms with E-state index < -0.39 is 0 Å². The van der Waals surface area contributed by atoms with Crippen molar-refractivity contribution in [2.75, 3.05) is 0 Å². The molecule has 0 aliphatic rings. The second kappa shape index (κ2) is 5.21. The molecular weight excluding hydrogens is 356 g/mol. The largest absolute Gasteiger partial charge is 0.302 e. The maximum absolute atomic E-state index is 11.5. The molecule has 1 aromatic heterocycles. The second-order valence-electron chi connectivity index (χ2n) is 5.23. The fourth-order valence-corrected chi connectivity index (χ4v) is 3.58. The molecule has 112 valence electrons. The number of hydrogen-bond donors (Lipinski definition) is 0. The minimum Gasteiger partial charge on any atom is -0.302 e. The van der Waals surface area contributed by atoms with Gasteiger partial charge in [0, 0.05) is 21.3 Å². The normalized spacial score (nSPS) is 11.2. The average Bonchev–Trinajstić information content (AvgIpc) is 2.91. The SMILES string of the molecule is O=[N+]([O-])c1ccccc1-n1c2ccccc2c2cccc(Br)c21. The highest BCUT2D eigenvalue weighted by atomic mass is 79.9. The molecule has 4 rings (SSSR count). The molecule has 0 spiro atoms. The first-order valence-electron chi connectivity index (χ1n) is 7.10. The molecule has 0 atom stereocenters. The first-order valence-corrected chi connectivity index (χ1v) is 7.89. The standard InChI is InChI=1S/C18H11BrN2O2/c19-14-8-5-7-13-12-6-1-2-9-15(12)20(18(13)14)16-10-3-4-11-17(16)21(22)23/h1-11H. The van der Waals surface area contributed by atoms with Crippen molar-refractivity contribution in [3.05, 3.63) is 81.3 Å². The molecule has 0 aliphatic carbocycles. The first kappa shape index (κ1) is 14.0. The summed E-state index contributed by atoms with van der Waals surface area (Å²) >= 11 is 3.59. The topological polar surface area (TPSA) is 48.1 Å². The van der Waals surface area contributed by atoms with Gasteiger partial charge in [0.25, 0.3) is 5.69 Å². The Morgan fingerprint density at radius 3 is 2.39 bits per heavy atom. The Morgan fingerprint density at radius 2 is 1.57 bits per heavy atom. The van der Waals surface area contributed by atoms with Gasteiger partial charge in [-0.15, -0.1) is 0 Å². The predicted octanol–water partition coefficient (Wildman–Crippen LogP) is 5.45. The second-order valence-corrected chi connectivity index (χ2v) is 6.09. The van der Waals surface area contributed by atoms with Gasteiger partial charge in [0.1, 0.15) is 5.69 Å². The van der Waals surface area contributed by atoms with E-state index in [1.54, 1.807) is 12.1 Å². The summed E-state index contributed by atoms with van der Waals surface area (Å²) in [5.41, 5.74) is 2.54. The van der Waals surface area contributed by atoms with E-state index in [-0.39, 0.29) is 10.6 Å². The number of benzene rings is 3. The predicted molar refractivity (Wildman–Crippen MR) is 95.1 cm³/mol. The summed E-state index contributed by atoms with van der Waals surface area (Å²) in [5, 5.41) is 13.6. The summed E-state index contributed by atoms with van der Waals surface area (Å²) in [5.74, 6) is 0. The fourth-order valence-electron chi connectivity index (χ4n) is 3.03. The highest BCUT2D eigenvalue weighted by Crippen LogP contribution is 2.38. The Labute approximate surface area is 140 Å². The van der Waals surface area contributed by atoms with Gasteiger partial charge in [-0.05, 0) is 34.1 Å². The zero-order valence-corrected chi connectivity index (χ0v) is 13.5. The monoisotopic (exact) mass is 366 g/mol. The number of rotatable bonds is 2. The molecule has 1 heterocycles. The molecule has 0 unspecified atom stereocenters. The van der Waals surface area contributed by atoms with E-state index >= 15 is 0 Å². The van der Waals surface area contributed by atoms with Crippen molar-refractivity contribution >= 4 is 43.4 Å². The zero-order chi connectivity index (χ0) is 16.0. The van der Waals surface area contributed by atoms with Crippen molar-refractivity contribution in [1.29, 1.82) is 0 Å². The molecule has 0 radical (unpaired) electrons. The third kappa shape index (κ3) is 2.04. The smallest absolute Gasteiger partial charge is 0.293 e. The lowest BCUT2D eigenvalue weighted by Gasteiger charge is -2.09. The Balaban J connectivity index is 2.25. The summed E-state index contributed by atoms with van der Waals surface area (Å²) in [7, 11) is 0. The highest BCUT2D eigenvalue weighted by molar-refractivity contribution is 9.10. The highest BCUT2D eigenvalue weighted by Gasteiger charge is 2.20. The van der Waals surface area contributed by atoms with Crippen molar-refractivity contribution in [2.24, 2.45) is 0 Å². The van der Waals surface area contributed by atoms with Crippen LogP contribution in [0.2, 0.25) is 0 Å². The molecule has 0 bridgehead atoms. The Morgan fingerprint density at radius 1 is 0.870 bits per heavy atom. The lowest BCUT2D eigenvalue weighted by Crippen LogP contribution is -2.00. The molecule has 0 saturated carbocycles. The van der Waals surface area contributed by atoms with Crippen LogP contribution < -0.4 is 0 Å². The molecule has 4 aromatic rings. The Bertz CT molecular complexity index is 1070. The third-order valence-corrected chi connectivity index (χ3v) is 4.60. The van der Waals surface area contributed by atoms with Crippen LogP contribution in [0, 0.1) is 10.1 Å². The maximum atomic E-state index is 11.5. The van der Waals surface area contributed by atoms with E-state index in [1.165, 1.54) is 6.07 Å². The lowest BCUT2D eigenvalue weighted by molar-refractivity contribution is -0.384. The quantitative estimate of drug-likeness (QED) is 0.349. The third-order valence-electron chi connectivity index (χ3n) is 3.96. The molecule has 0 fully saturated rings. The van der Waals surface area contributed by atoms with Gasteiger partial charge in [0.15, 0.2) is 0 Å². The van der Waals surface area contributed by atoms with Crippen LogP contribution in [0.15, 0.2) is 71.2 Å². The molecule has 3 aromatic carbocycles. The van der Waals surface area contributed by atoms with Crippen LogP contribution in [-0.4, -0.2) is 9.49 Å². The van der Waals surface area contributed by atoms with Crippen molar-refractivity contribution < 1.29 is 4.92 Å². The minimum absolute atomic E-state index is 0.0888. The van der Waals surface area contributed by atoms with Gasteiger partial charge in [0.2, 0.25) is 0 Å². The zero-order valence-electron chi connectivity index (χ0n) is 11.9. The van der Waals surface area contributed by atoms with Crippen LogP contribution in [0.5, 0.6) is 0 Å². The van der Waals surface area contributed by atoms with Gasteiger partial charge in [-0.25, -0.2) is 0 Å². The molecular formula is C18H11BrN2O2. The summed E-state index contributed by atoms with van der Waals surface area (Å²) in [6.45, 7) is 0. The van der Waals surface area contributed by atoms with Crippen LogP contribution in [0.25, 0.3) is 27.5 Å². The van der Waals surface area contributed by atoms with Crippen molar-refractivity contribution in [3.63, 3.8) is 0 Å². The van der Waals surface area contributed by atoms with Crippen LogP contribution in [0.1, 0.15) is 0 Å². The van der Waals surface area contributed by atoms with Gasteiger partial charge in [-0.2, -0.15) is 0 Å². The van der Waals surface area contributed by atoms with Crippen molar-refractivity contribution in [2.45, 2.75) is 0 Å². The lowest BCUT2D eigenvalue weighted by atomic mass is 10.2. The number of nitro groups is 1. The molecule has 0 saturated heterocycles. The number of fused-ring (bicyclic) bond motifs is 3. The van der Waals surface area contributed by atoms with Gasteiger partial charge in [-0.1, -0.05) is 42.5 Å². The molecule has 5 heteroatoms. The molecule has 0 aliphatic heterocycles. The first-order chi connectivity index (χ1) is 11.2. The summed E-state index contributed by atoms with van der Waals surface area (Å²) in [6.07, 6.45) is 0. The van der Waals surface area contributed by atoms with Gasteiger partial charge >= 0.3 is 0 Å².